The summed E-state index contributed by atoms with van der Waals surface area (Å²) in [6, 6.07) is 7.91. The van der Waals surface area contributed by atoms with Crippen molar-refractivity contribution in [3.63, 3.8) is 0 Å². The first-order valence-corrected chi connectivity index (χ1v) is 7.96. The van der Waals surface area contributed by atoms with E-state index in [4.69, 9.17) is 26.8 Å². The molecular formula is C16H25ClN2O2. The van der Waals surface area contributed by atoms with Gasteiger partial charge >= 0.3 is 0 Å². The van der Waals surface area contributed by atoms with Crippen LogP contribution < -0.4 is 10.5 Å². The maximum absolute atomic E-state index is 5.88. The van der Waals surface area contributed by atoms with Gasteiger partial charge in [-0.25, -0.2) is 0 Å². The van der Waals surface area contributed by atoms with Gasteiger partial charge in [0.2, 0.25) is 0 Å². The van der Waals surface area contributed by atoms with Crippen LogP contribution in [0.15, 0.2) is 24.3 Å². The first-order valence-electron chi connectivity index (χ1n) is 7.58. The minimum atomic E-state index is 0.361. The molecule has 1 aromatic carbocycles. The molecule has 1 saturated heterocycles. The van der Waals surface area contributed by atoms with Gasteiger partial charge in [-0.2, -0.15) is 0 Å². The molecule has 0 aliphatic carbocycles. The number of hydrogen-bond donors (Lipinski definition) is 1. The second-order valence-electron chi connectivity index (χ2n) is 5.46. The molecule has 0 aromatic heterocycles. The summed E-state index contributed by atoms with van der Waals surface area (Å²) >= 11 is 5.85. The Morgan fingerprint density at radius 2 is 2.10 bits per heavy atom. The van der Waals surface area contributed by atoms with E-state index >= 15 is 0 Å². The Hall–Kier alpha value is -0.810. The summed E-state index contributed by atoms with van der Waals surface area (Å²) in [5, 5.41) is 0.731. The average molecular weight is 313 g/mol. The van der Waals surface area contributed by atoms with Gasteiger partial charge in [0, 0.05) is 37.8 Å². The summed E-state index contributed by atoms with van der Waals surface area (Å²) in [5.41, 5.74) is 5.88. The van der Waals surface area contributed by atoms with Crippen molar-refractivity contribution in [3.8, 4) is 5.75 Å². The molecule has 2 rings (SSSR count). The maximum Gasteiger partial charge on any atom is 0.119 e. The zero-order valence-corrected chi connectivity index (χ0v) is 13.4. The van der Waals surface area contributed by atoms with Crippen molar-refractivity contribution in [2.75, 3.05) is 33.4 Å². The van der Waals surface area contributed by atoms with Gasteiger partial charge in [-0.15, -0.1) is 0 Å². The van der Waals surface area contributed by atoms with Gasteiger partial charge in [0.25, 0.3) is 0 Å². The average Bonchev–Trinajstić information content (AvgIpc) is 2.53. The molecule has 0 bridgehead atoms. The number of nitrogens with zero attached hydrogens (tertiary/aromatic N) is 1. The van der Waals surface area contributed by atoms with E-state index < -0.39 is 0 Å². The highest BCUT2D eigenvalue weighted by Gasteiger charge is 2.26. The lowest BCUT2D eigenvalue weighted by molar-refractivity contribution is 0.0119. The van der Waals surface area contributed by atoms with E-state index in [0.29, 0.717) is 25.3 Å². The lowest BCUT2D eigenvalue weighted by atomic mass is 9.99. The summed E-state index contributed by atoms with van der Waals surface area (Å²) in [5.74, 6) is 0.868. The second kappa shape index (κ2) is 8.59. The molecule has 0 spiro atoms. The number of ether oxygens (including phenoxy) is 2. The molecule has 1 aliphatic heterocycles. The van der Waals surface area contributed by atoms with Crippen molar-refractivity contribution in [3.05, 3.63) is 29.3 Å². The lowest BCUT2D eigenvalue weighted by Gasteiger charge is -2.38. The Bertz CT molecular complexity index is 413. The molecule has 1 fully saturated rings. The van der Waals surface area contributed by atoms with Crippen molar-refractivity contribution in [2.45, 2.75) is 31.4 Å². The molecule has 2 N–H and O–H groups in total. The number of likely N-dealkylation sites (tertiary alicyclic amines) is 1. The Labute approximate surface area is 132 Å². The molecule has 0 saturated carbocycles. The summed E-state index contributed by atoms with van der Waals surface area (Å²) in [7, 11) is 1.79. The summed E-state index contributed by atoms with van der Waals surface area (Å²) in [4.78, 5) is 2.46. The fourth-order valence-corrected chi connectivity index (χ4v) is 2.93. The first kappa shape index (κ1) is 16.6. The van der Waals surface area contributed by atoms with Crippen LogP contribution >= 0.6 is 11.6 Å². The Morgan fingerprint density at radius 3 is 2.76 bits per heavy atom. The third kappa shape index (κ3) is 5.15. The van der Waals surface area contributed by atoms with Crippen LogP contribution in [0.3, 0.4) is 0 Å². The van der Waals surface area contributed by atoms with Crippen molar-refractivity contribution in [2.24, 2.45) is 5.73 Å². The number of methoxy groups -OCH3 is 1. The van der Waals surface area contributed by atoms with Gasteiger partial charge in [0.15, 0.2) is 0 Å². The van der Waals surface area contributed by atoms with E-state index in [9.17, 15) is 0 Å². The molecule has 2 atom stereocenters. The van der Waals surface area contributed by atoms with Gasteiger partial charge < -0.3 is 15.2 Å². The fraction of sp³-hybridized carbons (Fsp3) is 0.625. The third-order valence-electron chi connectivity index (χ3n) is 4.07. The minimum absolute atomic E-state index is 0.361. The number of piperidine rings is 1. The molecule has 118 valence electrons. The Morgan fingerprint density at radius 1 is 1.33 bits per heavy atom. The van der Waals surface area contributed by atoms with Crippen molar-refractivity contribution in [1.29, 1.82) is 0 Å². The normalized spacial score (nSPS) is 23.2. The zero-order chi connectivity index (χ0) is 15.1. The largest absolute Gasteiger partial charge is 0.494 e. The molecule has 21 heavy (non-hydrogen) atoms. The smallest absolute Gasteiger partial charge is 0.119 e. The number of halogens is 1. The predicted molar refractivity (Wildman–Crippen MR) is 86.0 cm³/mol. The van der Waals surface area contributed by atoms with Gasteiger partial charge in [-0.3, -0.25) is 4.90 Å². The van der Waals surface area contributed by atoms with Gasteiger partial charge in [0.05, 0.1) is 12.7 Å². The van der Waals surface area contributed by atoms with Crippen LogP contribution in [0.1, 0.15) is 19.3 Å². The van der Waals surface area contributed by atoms with E-state index in [1.54, 1.807) is 7.11 Å². The van der Waals surface area contributed by atoms with Crippen LogP contribution in [0.5, 0.6) is 5.75 Å². The fourth-order valence-electron chi connectivity index (χ4n) is 2.81. The zero-order valence-electron chi connectivity index (χ0n) is 12.6. The van der Waals surface area contributed by atoms with Crippen LogP contribution in [0.25, 0.3) is 0 Å². The van der Waals surface area contributed by atoms with E-state index in [-0.39, 0.29) is 0 Å². The lowest BCUT2D eigenvalue weighted by Crippen LogP contribution is -2.48. The molecule has 1 aliphatic rings. The highest BCUT2D eigenvalue weighted by molar-refractivity contribution is 6.30. The highest BCUT2D eigenvalue weighted by Crippen LogP contribution is 2.19. The molecule has 0 radical (unpaired) electrons. The minimum Gasteiger partial charge on any atom is -0.494 e. The summed E-state index contributed by atoms with van der Waals surface area (Å²) in [6.07, 6.45) is 3.48. The van der Waals surface area contributed by atoms with Crippen molar-refractivity contribution in [1.82, 2.24) is 4.90 Å². The molecule has 1 heterocycles. The van der Waals surface area contributed by atoms with Crippen LogP contribution in [0, 0.1) is 0 Å². The van der Waals surface area contributed by atoms with Gasteiger partial charge in [0.1, 0.15) is 5.75 Å². The van der Waals surface area contributed by atoms with Crippen LogP contribution in [-0.2, 0) is 4.74 Å². The van der Waals surface area contributed by atoms with E-state index in [1.807, 2.05) is 24.3 Å². The van der Waals surface area contributed by atoms with Crippen LogP contribution in [-0.4, -0.2) is 50.4 Å². The van der Waals surface area contributed by atoms with E-state index in [2.05, 4.69) is 4.90 Å². The SMILES string of the molecule is COC1CCN(CCCOc2ccc(Cl)cc2)C(CN)C1. The quantitative estimate of drug-likeness (QED) is 0.786. The summed E-state index contributed by atoms with van der Waals surface area (Å²) < 4.78 is 11.2. The number of nitrogens with two attached hydrogens (primary N) is 1. The molecule has 5 heteroatoms. The number of hydrogen-bond acceptors (Lipinski definition) is 4. The number of benzene rings is 1. The second-order valence-corrected chi connectivity index (χ2v) is 5.90. The maximum atomic E-state index is 5.88. The third-order valence-corrected chi connectivity index (χ3v) is 4.32. The predicted octanol–water partition coefficient (Wildman–Crippen LogP) is 2.55. The topological polar surface area (TPSA) is 47.7 Å². The monoisotopic (exact) mass is 312 g/mol. The molecule has 4 nitrogen and oxygen atoms in total. The van der Waals surface area contributed by atoms with E-state index in [1.165, 1.54) is 0 Å². The van der Waals surface area contributed by atoms with Crippen molar-refractivity contribution < 1.29 is 9.47 Å². The van der Waals surface area contributed by atoms with E-state index in [0.717, 1.165) is 43.1 Å². The van der Waals surface area contributed by atoms with Crippen LogP contribution in [0.4, 0.5) is 0 Å². The Kier molecular flexibility index (Phi) is 6.77. The van der Waals surface area contributed by atoms with Gasteiger partial charge in [-0.05, 0) is 43.5 Å². The first-order chi connectivity index (χ1) is 10.2. The number of rotatable bonds is 7. The van der Waals surface area contributed by atoms with Crippen LogP contribution in [0.2, 0.25) is 5.02 Å². The molecule has 1 aromatic rings. The highest BCUT2D eigenvalue weighted by atomic mass is 35.5. The molecule has 2 unspecified atom stereocenters. The Balaban J connectivity index is 1.69. The molecular weight excluding hydrogens is 288 g/mol. The summed E-state index contributed by atoms with van der Waals surface area (Å²) in [6.45, 7) is 3.48. The standard InChI is InChI=1S/C16H25ClN2O2/c1-20-16-7-9-19(14(11-16)12-18)8-2-10-21-15-5-3-13(17)4-6-15/h3-6,14,16H,2,7-12,18H2,1H3. The van der Waals surface area contributed by atoms with Gasteiger partial charge in [-0.1, -0.05) is 11.6 Å². The molecule has 0 amide bonds. The van der Waals surface area contributed by atoms with Crippen molar-refractivity contribution >= 4 is 11.6 Å².